The van der Waals surface area contributed by atoms with Crippen molar-refractivity contribution in [3.63, 3.8) is 0 Å². The molecule has 1 aromatic rings. The summed E-state index contributed by atoms with van der Waals surface area (Å²) in [4.78, 5) is 0. The minimum Gasteiger partial charge on any atom is -0.348 e. The minimum atomic E-state index is -0.435. The summed E-state index contributed by atoms with van der Waals surface area (Å²) in [6.07, 6.45) is 3.18. The molecule has 1 unspecified atom stereocenters. The highest BCUT2D eigenvalue weighted by atomic mass is 16.7. The summed E-state index contributed by atoms with van der Waals surface area (Å²) in [5, 5.41) is 7.83. The van der Waals surface area contributed by atoms with Crippen LogP contribution in [0, 0.1) is 0 Å². The Bertz CT molecular complexity index is 401. The second kappa shape index (κ2) is 5.38. The van der Waals surface area contributed by atoms with E-state index in [9.17, 15) is 0 Å². The van der Waals surface area contributed by atoms with Gasteiger partial charge in [-0.2, -0.15) is 5.10 Å². The van der Waals surface area contributed by atoms with E-state index in [1.807, 2.05) is 25.6 Å². The average molecular weight is 253 g/mol. The molecule has 0 amide bonds. The van der Waals surface area contributed by atoms with Crippen LogP contribution in [0.5, 0.6) is 0 Å². The lowest BCUT2D eigenvalue weighted by Gasteiger charge is -2.17. The molecule has 0 radical (unpaired) electrons. The highest BCUT2D eigenvalue weighted by molar-refractivity contribution is 5.16. The lowest BCUT2D eigenvalue weighted by atomic mass is 10.2. The molecule has 1 saturated heterocycles. The summed E-state index contributed by atoms with van der Waals surface area (Å²) < 4.78 is 13.1. The van der Waals surface area contributed by atoms with Crippen molar-refractivity contribution in [1.82, 2.24) is 15.1 Å². The Morgan fingerprint density at radius 1 is 1.56 bits per heavy atom. The molecule has 0 saturated carbocycles. The van der Waals surface area contributed by atoms with Crippen molar-refractivity contribution in [3.05, 3.63) is 17.5 Å². The third-order valence-corrected chi connectivity index (χ3v) is 3.08. The number of nitrogens with one attached hydrogen (secondary N) is 1. The molecule has 1 aliphatic rings. The first-order valence-corrected chi connectivity index (χ1v) is 6.54. The van der Waals surface area contributed by atoms with Crippen LogP contribution >= 0.6 is 0 Å². The number of rotatable bonds is 5. The van der Waals surface area contributed by atoms with E-state index in [2.05, 4.69) is 23.5 Å². The quantitative estimate of drug-likeness (QED) is 0.857. The van der Waals surface area contributed by atoms with Gasteiger partial charge >= 0.3 is 0 Å². The van der Waals surface area contributed by atoms with Crippen LogP contribution in [0.15, 0.2) is 6.20 Å². The van der Waals surface area contributed by atoms with Gasteiger partial charge in [-0.1, -0.05) is 6.92 Å². The van der Waals surface area contributed by atoms with Gasteiger partial charge in [-0.15, -0.1) is 0 Å². The molecule has 0 aromatic carbocycles. The van der Waals surface area contributed by atoms with E-state index in [-0.39, 0.29) is 6.10 Å². The van der Waals surface area contributed by atoms with Crippen LogP contribution in [0.4, 0.5) is 0 Å². The van der Waals surface area contributed by atoms with E-state index in [0.717, 1.165) is 25.2 Å². The number of ether oxygens (including phenoxy) is 2. The molecule has 2 heterocycles. The average Bonchev–Trinajstić information content (AvgIpc) is 2.82. The van der Waals surface area contributed by atoms with Crippen molar-refractivity contribution in [3.8, 4) is 0 Å². The van der Waals surface area contributed by atoms with Gasteiger partial charge in [0.05, 0.1) is 18.4 Å². The Labute approximate surface area is 108 Å². The highest BCUT2D eigenvalue weighted by Crippen LogP contribution is 2.21. The molecule has 1 atom stereocenters. The number of hydrogen-bond donors (Lipinski definition) is 1. The van der Waals surface area contributed by atoms with E-state index >= 15 is 0 Å². The van der Waals surface area contributed by atoms with Gasteiger partial charge in [0.1, 0.15) is 0 Å². The Balaban J connectivity index is 1.78. The molecule has 5 nitrogen and oxygen atoms in total. The molecule has 0 spiro atoms. The van der Waals surface area contributed by atoms with Crippen LogP contribution in [-0.4, -0.2) is 34.8 Å². The van der Waals surface area contributed by atoms with Gasteiger partial charge in [-0.25, -0.2) is 0 Å². The van der Waals surface area contributed by atoms with Crippen molar-refractivity contribution in [1.29, 1.82) is 0 Å². The van der Waals surface area contributed by atoms with Crippen LogP contribution < -0.4 is 5.32 Å². The Hall–Kier alpha value is -0.910. The first-order valence-electron chi connectivity index (χ1n) is 6.54. The van der Waals surface area contributed by atoms with Gasteiger partial charge in [-0.05, 0) is 20.3 Å². The van der Waals surface area contributed by atoms with E-state index in [0.29, 0.717) is 6.61 Å². The van der Waals surface area contributed by atoms with Crippen molar-refractivity contribution in [2.24, 2.45) is 7.05 Å². The molecule has 18 heavy (non-hydrogen) atoms. The number of aromatic nitrogens is 2. The van der Waals surface area contributed by atoms with E-state index in [1.54, 1.807) is 0 Å². The third-order valence-electron chi connectivity index (χ3n) is 3.08. The van der Waals surface area contributed by atoms with Crippen LogP contribution in [0.25, 0.3) is 0 Å². The van der Waals surface area contributed by atoms with Crippen LogP contribution in [0.3, 0.4) is 0 Å². The summed E-state index contributed by atoms with van der Waals surface area (Å²) in [5.74, 6) is -0.435. The van der Waals surface area contributed by atoms with E-state index in [4.69, 9.17) is 9.47 Å². The molecule has 2 rings (SSSR count). The van der Waals surface area contributed by atoms with Gasteiger partial charge < -0.3 is 14.8 Å². The minimum absolute atomic E-state index is 0.141. The first kappa shape index (κ1) is 13.5. The topological polar surface area (TPSA) is 48.3 Å². The maximum Gasteiger partial charge on any atom is 0.163 e. The van der Waals surface area contributed by atoms with E-state index < -0.39 is 5.79 Å². The van der Waals surface area contributed by atoms with Gasteiger partial charge in [0.25, 0.3) is 0 Å². The van der Waals surface area contributed by atoms with Gasteiger partial charge in [0, 0.05) is 31.9 Å². The predicted octanol–water partition coefficient (Wildman–Crippen LogP) is 1.22. The summed E-state index contributed by atoms with van der Waals surface area (Å²) in [7, 11) is 1.96. The molecular weight excluding hydrogens is 230 g/mol. The zero-order valence-corrected chi connectivity index (χ0v) is 11.7. The Morgan fingerprint density at radius 3 is 2.94 bits per heavy atom. The maximum atomic E-state index is 5.74. The third kappa shape index (κ3) is 3.31. The second-order valence-corrected chi connectivity index (χ2v) is 5.21. The van der Waals surface area contributed by atoms with E-state index in [1.165, 1.54) is 5.56 Å². The molecule has 1 aliphatic heterocycles. The smallest absolute Gasteiger partial charge is 0.163 e. The van der Waals surface area contributed by atoms with Crippen LogP contribution in [0.1, 0.15) is 32.0 Å². The molecule has 102 valence electrons. The fourth-order valence-corrected chi connectivity index (χ4v) is 2.26. The zero-order valence-electron chi connectivity index (χ0n) is 11.7. The van der Waals surface area contributed by atoms with Crippen molar-refractivity contribution in [2.45, 2.75) is 45.6 Å². The zero-order chi connectivity index (χ0) is 13.2. The summed E-state index contributed by atoms with van der Waals surface area (Å²) >= 11 is 0. The molecule has 1 N–H and O–H groups in total. The predicted molar refractivity (Wildman–Crippen MR) is 69.2 cm³/mol. The molecule has 1 fully saturated rings. The number of hydrogen-bond acceptors (Lipinski definition) is 4. The SMILES string of the molecule is CCc1nn(C)cc1CNCC1COC(C)(C)O1. The van der Waals surface area contributed by atoms with Gasteiger partial charge in [0.2, 0.25) is 0 Å². The monoisotopic (exact) mass is 253 g/mol. The molecule has 0 bridgehead atoms. The summed E-state index contributed by atoms with van der Waals surface area (Å²) in [5.41, 5.74) is 2.42. The lowest BCUT2D eigenvalue weighted by molar-refractivity contribution is -0.137. The summed E-state index contributed by atoms with van der Waals surface area (Å²) in [6, 6.07) is 0. The molecule has 0 aliphatic carbocycles. The van der Waals surface area contributed by atoms with Crippen LogP contribution in [0.2, 0.25) is 0 Å². The normalized spacial score (nSPS) is 22.6. The first-order chi connectivity index (χ1) is 8.50. The molecule has 1 aromatic heterocycles. The van der Waals surface area contributed by atoms with Crippen molar-refractivity contribution >= 4 is 0 Å². The summed E-state index contributed by atoms with van der Waals surface area (Å²) in [6.45, 7) is 8.32. The van der Waals surface area contributed by atoms with Crippen molar-refractivity contribution in [2.75, 3.05) is 13.2 Å². The maximum absolute atomic E-state index is 5.74. The van der Waals surface area contributed by atoms with Gasteiger partial charge in [0.15, 0.2) is 5.79 Å². The fraction of sp³-hybridized carbons (Fsp3) is 0.769. The van der Waals surface area contributed by atoms with Crippen LogP contribution in [-0.2, 0) is 29.5 Å². The highest BCUT2D eigenvalue weighted by Gasteiger charge is 2.32. The fourth-order valence-electron chi connectivity index (χ4n) is 2.26. The Morgan fingerprint density at radius 2 is 2.33 bits per heavy atom. The number of nitrogens with zero attached hydrogens (tertiary/aromatic N) is 2. The molecule has 5 heteroatoms. The van der Waals surface area contributed by atoms with Crippen molar-refractivity contribution < 1.29 is 9.47 Å². The second-order valence-electron chi connectivity index (χ2n) is 5.21. The largest absolute Gasteiger partial charge is 0.348 e. The van der Waals surface area contributed by atoms with Gasteiger partial charge in [-0.3, -0.25) is 4.68 Å². The molecular formula is C13H23N3O2. The lowest BCUT2D eigenvalue weighted by Crippen LogP contribution is -2.30. The number of aryl methyl sites for hydroxylation is 2. The Kier molecular flexibility index (Phi) is 4.04. The standard InChI is InChI=1S/C13H23N3O2/c1-5-12-10(8-16(4)15-12)6-14-7-11-9-17-13(2,3)18-11/h8,11,14H,5-7,9H2,1-4H3.